The Labute approximate surface area is 93.6 Å². The Morgan fingerprint density at radius 1 is 1.38 bits per heavy atom. The Balaban J connectivity index is 2.70. The van der Waals surface area contributed by atoms with Crippen LogP contribution in [0.2, 0.25) is 5.02 Å². The molecule has 1 aromatic heterocycles. The largest absolute Gasteiger partial charge is 0.433 e. The predicted octanol–water partition coefficient (Wildman–Crippen LogP) is 2.78. The summed E-state index contributed by atoms with van der Waals surface area (Å²) in [6, 6.07) is 4.28. The molecule has 0 bridgehead atoms. The van der Waals surface area contributed by atoms with Gasteiger partial charge in [0.25, 0.3) is 0 Å². The first-order valence-electron chi connectivity index (χ1n) is 4.34. The number of hydrogen-bond acceptors (Lipinski definition) is 2. The number of halogens is 3. The summed E-state index contributed by atoms with van der Waals surface area (Å²) in [7, 11) is 0. The maximum Gasteiger partial charge on any atom is 0.387 e. The molecule has 1 aromatic carbocycles. The minimum absolute atomic E-state index is 0.00157. The highest BCUT2D eigenvalue weighted by atomic mass is 35.5. The van der Waals surface area contributed by atoms with E-state index in [4.69, 9.17) is 11.6 Å². The molecule has 0 spiro atoms. The predicted molar refractivity (Wildman–Crippen MR) is 56.2 cm³/mol. The minimum Gasteiger partial charge on any atom is -0.433 e. The molecule has 0 saturated heterocycles. The van der Waals surface area contributed by atoms with Crippen molar-refractivity contribution in [2.24, 2.45) is 0 Å². The van der Waals surface area contributed by atoms with Crippen LogP contribution < -0.4 is 10.2 Å². The Morgan fingerprint density at radius 2 is 2.12 bits per heavy atom. The minimum atomic E-state index is -2.94. The van der Waals surface area contributed by atoms with Crippen molar-refractivity contribution in [3.63, 3.8) is 0 Å². The zero-order valence-corrected chi connectivity index (χ0v) is 8.59. The van der Waals surface area contributed by atoms with Crippen molar-refractivity contribution in [1.29, 1.82) is 0 Å². The van der Waals surface area contributed by atoms with Crippen molar-refractivity contribution in [3.05, 3.63) is 39.6 Å². The van der Waals surface area contributed by atoms with Gasteiger partial charge in [0.1, 0.15) is 10.8 Å². The summed E-state index contributed by atoms with van der Waals surface area (Å²) < 4.78 is 28.5. The highest BCUT2D eigenvalue weighted by Gasteiger charge is 2.11. The van der Waals surface area contributed by atoms with E-state index >= 15 is 0 Å². The van der Waals surface area contributed by atoms with E-state index in [0.717, 1.165) is 0 Å². The Kier molecular flexibility index (Phi) is 2.78. The molecule has 0 aliphatic carbocycles. The zero-order chi connectivity index (χ0) is 11.7. The molecule has 1 N–H and O–H groups in total. The standard InChI is InChI=1S/C10H6ClF2NO2/c11-6-4-14-8-5(9(6)15)2-1-3-7(8)16-10(12)13/h1-4,10H,(H,14,15). The fourth-order valence-electron chi connectivity index (χ4n) is 1.39. The van der Waals surface area contributed by atoms with Gasteiger partial charge in [0.2, 0.25) is 5.43 Å². The average molecular weight is 246 g/mol. The lowest BCUT2D eigenvalue weighted by Gasteiger charge is -2.07. The number of pyridine rings is 1. The number of benzene rings is 1. The fraction of sp³-hybridized carbons (Fsp3) is 0.100. The van der Waals surface area contributed by atoms with Crippen LogP contribution in [-0.4, -0.2) is 11.6 Å². The van der Waals surface area contributed by atoms with Gasteiger partial charge in [0.05, 0.1) is 10.9 Å². The maximum atomic E-state index is 12.1. The van der Waals surface area contributed by atoms with Gasteiger partial charge in [0.15, 0.2) is 0 Å². The SMILES string of the molecule is O=c1c(Cl)c[nH]c2c(OC(F)F)cccc12. The van der Waals surface area contributed by atoms with Gasteiger partial charge in [-0.1, -0.05) is 17.7 Å². The Hall–Kier alpha value is -1.62. The summed E-state index contributed by atoms with van der Waals surface area (Å²) in [5.41, 5.74) is -0.215. The van der Waals surface area contributed by atoms with Gasteiger partial charge < -0.3 is 9.72 Å². The highest BCUT2D eigenvalue weighted by molar-refractivity contribution is 6.31. The third-order valence-electron chi connectivity index (χ3n) is 2.05. The van der Waals surface area contributed by atoms with Gasteiger partial charge in [0, 0.05) is 6.20 Å². The molecule has 0 amide bonds. The second kappa shape index (κ2) is 4.09. The number of aromatic amines is 1. The number of H-pyrrole nitrogens is 1. The van der Waals surface area contributed by atoms with E-state index in [0.29, 0.717) is 0 Å². The van der Waals surface area contributed by atoms with Crippen molar-refractivity contribution in [2.45, 2.75) is 6.61 Å². The van der Waals surface area contributed by atoms with E-state index < -0.39 is 12.0 Å². The third-order valence-corrected chi connectivity index (χ3v) is 2.33. The molecule has 6 heteroatoms. The summed E-state index contributed by atoms with van der Waals surface area (Å²) in [6.07, 6.45) is 1.24. The van der Waals surface area contributed by atoms with E-state index in [1.807, 2.05) is 0 Å². The molecule has 0 saturated carbocycles. The zero-order valence-electron chi connectivity index (χ0n) is 7.84. The molecular formula is C10H6ClF2NO2. The Morgan fingerprint density at radius 3 is 2.81 bits per heavy atom. The van der Waals surface area contributed by atoms with Gasteiger partial charge in [-0.2, -0.15) is 8.78 Å². The smallest absolute Gasteiger partial charge is 0.387 e. The molecule has 0 atom stereocenters. The molecule has 2 rings (SSSR count). The van der Waals surface area contributed by atoms with Gasteiger partial charge in [-0.3, -0.25) is 4.79 Å². The molecule has 0 aliphatic rings. The quantitative estimate of drug-likeness (QED) is 0.884. The molecule has 16 heavy (non-hydrogen) atoms. The summed E-state index contributed by atoms with van der Waals surface area (Å²) in [6.45, 7) is -2.94. The van der Waals surface area contributed by atoms with Crippen LogP contribution in [0.1, 0.15) is 0 Å². The van der Waals surface area contributed by atoms with Crippen molar-refractivity contribution in [3.8, 4) is 5.75 Å². The first-order chi connectivity index (χ1) is 7.59. The van der Waals surface area contributed by atoms with Crippen molar-refractivity contribution >= 4 is 22.5 Å². The van der Waals surface area contributed by atoms with E-state index in [1.54, 1.807) is 0 Å². The summed E-state index contributed by atoms with van der Waals surface area (Å²) in [4.78, 5) is 14.2. The van der Waals surface area contributed by atoms with Crippen LogP contribution in [0.15, 0.2) is 29.2 Å². The number of nitrogens with one attached hydrogen (secondary N) is 1. The third kappa shape index (κ3) is 1.86. The normalized spacial score (nSPS) is 11.0. The van der Waals surface area contributed by atoms with Crippen LogP contribution in [0.5, 0.6) is 5.75 Å². The van der Waals surface area contributed by atoms with Gasteiger partial charge >= 0.3 is 6.61 Å². The number of hydrogen-bond donors (Lipinski definition) is 1. The lowest BCUT2D eigenvalue weighted by atomic mass is 10.2. The number of ether oxygens (including phenoxy) is 1. The monoisotopic (exact) mass is 245 g/mol. The topological polar surface area (TPSA) is 42.1 Å². The second-order valence-electron chi connectivity index (χ2n) is 3.02. The highest BCUT2D eigenvalue weighted by Crippen LogP contribution is 2.23. The first-order valence-corrected chi connectivity index (χ1v) is 4.72. The number of para-hydroxylation sites is 1. The molecule has 0 unspecified atom stereocenters. The average Bonchev–Trinajstić information content (AvgIpc) is 2.23. The fourth-order valence-corrected chi connectivity index (χ4v) is 1.55. The van der Waals surface area contributed by atoms with Gasteiger partial charge in [-0.05, 0) is 12.1 Å². The molecule has 3 nitrogen and oxygen atoms in total. The van der Waals surface area contributed by atoms with Crippen molar-refractivity contribution in [2.75, 3.05) is 0 Å². The first kappa shape index (κ1) is 10.9. The van der Waals surface area contributed by atoms with Gasteiger partial charge in [-0.15, -0.1) is 0 Å². The molecule has 0 aliphatic heterocycles. The summed E-state index contributed by atoms with van der Waals surface area (Å²) in [5.74, 6) is -0.0822. The summed E-state index contributed by atoms with van der Waals surface area (Å²) in [5, 5.41) is 0.215. The Bertz CT molecular complexity index is 583. The molecule has 0 radical (unpaired) electrons. The van der Waals surface area contributed by atoms with Crippen molar-refractivity contribution in [1.82, 2.24) is 4.98 Å². The molecule has 1 heterocycles. The van der Waals surface area contributed by atoms with Crippen LogP contribution in [0.4, 0.5) is 8.78 Å². The summed E-state index contributed by atoms with van der Waals surface area (Å²) >= 11 is 5.61. The lowest BCUT2D eigenvalue weighted by Crippen LogP contribution is -2.07. The lowest BCUT2D eigenvalue weighted by molar-refractivity contribution is -0.0489. The van der Waals surface area contributed by atoms with Gasteiger partial charge in [-0.25, -0.2) is 0 Å². The molecule has 0 fully saturated rings. The van der Waals surface area contributed by atoms with Crippen LogP contribution in [0, 0.1) is 0 Å². The van der Waals surface area contributed by atoms with E-state index in [9.17, 15) is 13.6 Å². The van der Waals surface area contributed by atoms with Crippen LogP contribution >= 0.6 is 11.6 Å². The number of alkyl halides is 2. The van der Waals surface area contributed by atoms with E-state index in [-0.39, 0.29) is 21.7 Å². The van der Waals surface area contributed by atoms with Crippen LogP contribution in [0.3, 0.4) is 0 Å². The molecule has 2 aromatic rings. The van der Waals surface area contributed by atoms with E-state index in [2.05, 4.69) is 9.72 Å². The second-order valence-corrected chi connectivity index (χ2v) is 3.43. The number of fused-ring (bicyclic) bond motifs is 1. The number of rotatable bonds is 2. The van der Waals surface area contributed by atoms with Crippen LogP contribution in [-0.2, 0) is 0 Å². The van der Waals surface area contributed by atoms with Crippen LogP contribution in [0.25, 0.3) is 10.9 Å². The molecular weight excluding hydrogens is 240 g/mol. The number of aromatic nitrogens is 1. The van der Waals surface area contributed by atoms with E-state index in [1.165, 1.54) is 24.4 Å². The van der Waals surface area contributed by atoms with Crippen molar-refractivity contribution < 1.29 is 13.5 Å². The maximum absolute atomic E-state index is 12.1. The molecule has 84 valence electrons.